The lowest BCUT2D eigenvalue weighted by molar-refractivity contribution is 0.279. The molecule has 0 aromatic heterocycles. The molecule has 70 valence electrons. The van der Waals surface area contributed by atoms with Crippen molar-refractivity contribution in [3.8, 4) is 0 Å². The van der Waals surface area contributed by atoms with E-state index in [1.165, 1.54) is 0 Å². The number of fused-ring (bicyclic) bond motifs is 1. The highest BCUT2D eigenvalue weighted by atomic mass is 14.4. The average Bonchev–Trinajstić information content (AvgIpc) is 2.30. The molecule has 13 heavy (non-hydrogen) atoms. The Balaban J connectivity index is 2.57. The topological polar surface area (TPSA) is 0 Å². The molecule has 0 bridgehead atoms. The number of rotatable bonds is 0. The first-order valence-corrected chi connectivity index (χ1v) is 5.14. The Morgan fingerprint density at radius 1 is 0.923 bits per heavy atom. The first kappa shape index (κ1) is 8.80. The van der Waals surface area contributed by atoms with E-state index in [1.54, 1.807) is 11.1 Å². The van der Waals surface area contributed by atoms with E-state index in [2.05, 4.69) is 52.0 Å². The smallest absolute Gasteiger partial charge is 0.0130 e. The van der Waals surface area contributed by atoms with Crippen LogP contribution in [0.5, 0.6) is 0 Å². The lowest BCUT2D eigenvalue weighted by atomic mass is 9.75. The summed E-state index contributed by atoms with van der Waals surface area (Å²) in [7, 11) is 0. The number of hydrogen-bond donors (Lipinski definition) is 0. The van der Waals surface area contributed by atoms with Crippen LogP contribution in [-0.2, 0) is 0 Å². The third-order valence-electron chi connectivity index (χ3n) is 4.16. The minimum Gasteiger partial charge on any atom is -0.0620 e. The van der Waals surface area contributed by atoms with Gasteiger partial charge in [0.25, 0.3) is 0 Å². The van der Waals surface area contributed by atoms with Gasteiger partial charge in [0, 0.05) is 0 Å². The Hall–Kier alpha value is -0.780. The molecule has 0 N–H and O–H groups in total. The van der Waals surface area contributed by atoms with Crippen LogP contribution in [0.4, 0.5) is 0 Å². The summed E-state index contributed by atoms with van der Waals surface area (Å²) in [6.07, 6.45) is 0. The van der Waals surface area contributed by atoms with Gasteiger partial charge in [-0.1, -0.05) is 52.0 Å². The summed E-state index contributed by atoms with van der Waals surface area (Å²) in [5, 5.41) is 0. The molecule has 2 unspecified atom stereocenters. The van der Waals surface area contributed by atoms with Crippen LogP contribution >= 0.6 is 0 Å². The van der Waals surface area contributed by atoms with Gasteiger partial charge in [-0.2, -0.15) is 0 Å². The van der Waals surface area contributed by atoms with Crippen LogP contribution in [0.25, 0.3) is 0 Å². The van der Waals surface area contributed by atoms with Gasteiger partial charge < -0.3 is 0 Å². The fourth-order valence-electron chi connectivity index (χ4n) is 2.48. The van der Waals surface area contributed by atoms with E-state index >= 15 is 0 Å². The molecule has 1 aromatic carbocycles. The standard InChI is InChI=1S/C13H18/c1-9-11-7-5-6-8-12(11)10(2)13(9,3)4/h5-10H,1-4H3. The maximum absolute atomic E-state index is 2.38. The summed E-state index contributed by atoms with van der Waals surface area (Å²) >= 11 is 0. The summed E-state index contributed by atoms with van der Waals surface area (Å²) in [5.41, 5.74) is 3.53. The molecule has 0 saturated heterocycles. The van der Waals surface area contributed by atoms with Gasteiger partial charge in [0.1, 0.15) is 0 Å². The molecular formula is C13H18. The highest BCUT2D eigenvalue weighted by Crippen LogP contribution is 2.54. The van der Waals surface area contributed by atoms with Crippen molar-refractivity contribution in [2.45, 2.75) is 39.5 Å². The van der Waals surface area contributed by atoms with Crippen LogP contribution in [0.3, 0.4) is 0 Å². The predicted octanol–water partition coefficient (Wildman–Crippen LogP) is 3.93. The van der Waals surface area contributed by atoms with Crippen molar-refractivity contribution in [1.29, 1.82) is 0 Å². The van der Waals surface area contributed by atoms with Crippen LogP contribution in [0, 0.1) is 5.41 Å². The Morgan fingerprint density at radius 2 is 1.31 bits per heavy atom. The molecule has 0 aliphatic heterocycles. The van der Waals surface area contributed by atoms with E-state index < -0.39 is 0 Å². The maximum atomic E-state index is 2.38. The predicted molar refractivity (Wildman–Crippen MR) is 57.1 cm³/mol. The van der Waals surface area contributed by atoms with Gasteiger partial charge in [-0.15, -0.1) is 0 Å². The van der Waals surface area contributed by atoms with E-state index in [-0.39, 0.29) is 0 Å². The second-order valence-electron chi connectivity index (χ2n) is 4.89. The quantitative estimate of drug-likeness (QED) is 0.559. The van der Waals surface area contributed by atoms with Crippen LogP contribution in [0.1, 0.15) is 50.7 Å². The molecule has 1 aliphatic carbocycles. The van der Waals surface area contributed by atoms with Gasteiger partial charge in [0.15, 0.2) is 0 Å². The first-order chi connectivity index (χ1) is 6.05. The summed E-state index contributed by atoms with van der Waals surface area (Å²) < 4.78 is 0. The first-order valence-electron chi connectivity index (χ1n) is 5.14. The van der Waals surface area contributed by atoms with Crippen LogP contribution in [-0.4, -0.2) is 0 Å². The molecule has 2 atom stereocenters. The minimum atomic E-state index is 0.420. The molecule has 1 aromatic rings. The zero-order valence-corrected chi connectivity index (χ0v) is 8.96. The summed E-state index contributed by atoms with van der Waals surface area (Å²) in [6.45, 7) is 9.45. The molecule has 0 amide bonds. The Morgan fingerprint density at radius 3 is 1.69 bits per heavy atom. The SMILES string of the molecule is CC1c2ccccc2C(C)C1(C)C. The second-order valence-corrected chi connectivity index (χ2v) is 4.89. The molecule has 0 fully saturated rings. The van der Waals surface area contributed by atoms with E-state index in [0.717, 1.165) is 0 Å². The summed E-state index contributed by atoms with van der Waals surface area (Å²) in [6, 6.07) is 8.88. The number of benzene rings is 1. The van der Waals surface area contributed by atoms with Crippen molar-refractivity contribution in [3.63, 3.8) is 0 Å². The third-order valence-corrected chi connectivity index (χ3v) is 4.16. The van der Waals surface area contributed by atoms with Crippen molar-refractivity contribution < 1.29 is 0 Å². The van der Waals surface area contributed by atoms with Gasteiger partial charge in [0.05, 0.1) is 0 Å². The summed E-state index contributed by atoms with van der Waals surface area (Å²) in [4.78, 5) is 0. The zero-order valence-electron chi connectivity index (χ0n) is 8.96. The Bertz CT molecular complexity index is 292. The molecule has 0 heteroatoms. The molecule has 0 spiro atoms. The van der Waals surface area contributed by atoms with E-state index in [4.69, 9.17) is 0 Å². The van der Waals surface area contributed by atoms with Gasteiger partial charge in [0.2, 0.25) is 0 Å². The van der Waals surface area contributed by atoms with Crippen molar-refractivity contribution >= 4 is 0 Å². The molecule has 0 saturated carbocycles. The normalized spacial score (nSPS) is 30.2. The Labute approximate surface area is 81.0 Å². The largest absolute Gasteiger partial charge is 0.0620 e. The van der Waals surface area contributed by atoms with E-state index in [0.29, 0.717) is 17.3 Å². The van der Waals surface area contributed by atoms with Crippen LogP contribution < -0.4 is 0 Å². The fraction of sp³-hybridized carbons (Fsp3) is 0.538. The molecular weight excluding hydrogens is 156 g/mol. The maximum Gasteiger partial charge on any atom is -0.0130 e. The van der Waals surface area contributed by atoms with Gasteiger partial charge in [-0.3, -0.25) is 0 Å². The lowest BCUT2D eigenvalue weighted by Gasteiger charge is -2.29. The van der Waals surface area contributed by atoms with E-state index in [9.17, 15) is 0 Å². The summed E-state index contributed by atoms with van der Waals surface area (Å²) in [5.74, 6) is 1.39. The lowest BCUT2D eigenvalue weighted by Crippen LogP contribution is -2.18. The molecule has 0 radical (unpaired) electrons. The zero-order chi connectivity index (χ0) is 9.64. The molecule has 1 aliphatic rings. The number of hydrogen-bond acceptors (Lipinski definition) is 0. The van der Waals surface area contributed by atoms with Crippen molar-refractivity contribution in [2.24, 2.45) is 5.41 Å². The third kappa shape index (κ3) is 1.04. The second kappa shape index (κ2) is 2.60. The van der Waals surface area contributed by atoms with Crippen LogP contribution in [0.2, 0.25) is 0 Å². The average molecular weight is 174 g/mol. The van der Waals surface area contributed by atoms with Gasteiger partial charge >= 0.3 is 0 Å². The van der Waals surface area contributed by atoms with Gasteiger partial charge in [-0.25, -0.2) is 0 Å². The minimum absolute atomic E-state index is 0.420. The van der Waals surface area contributed by atoms with E-state index in [1.807, 2.05) is 0 Å². The van der Waals surface area contributed by atoms with Crippen LogP contribution in [0.15, 0.2) is 24.3 Å². The monoisotopic (exact) mass is 174 g/mol. The Kier molecular flexibility index (Phi) is 1.76. The fourth-order valence-corrected chi connectivity index (χ4v) is 2.48. The molecule has 0 nitrogen and oxygen atoms in total. The van der Waals surface area contributed by atoms with Gasteiger partial charge in [-0.05, 0) is 28.4 Å². The highest BCUT2D eigenvalue weighted by molar-refractivity contribution is 5.40. The highest BCUT2D eigenvalue weighted by Gasteiger charge is 2.41. The van der Waals surface area contributed by atoms with Crippen molar-refractivity contribution in [3.05, 3.63) is 35.4 Å². The van der Waals surface area contributed by atoms with Crippen molar-refractivity contribution in [2.75, 3.05) is 0 Å². The molecule has 2 rings (SSSR count). The molecule has 0 heterocycles. The van der Waals surface area contributed by atoms with Crippen molar-refractivity contribution in [1.82, 2.24) is 0 Å².